The predicted octanol–water partition coefficient (Wildman–Crippen LogP) is 5.29. The topological polar surface area (TPSA) is 118 Å². The summed E-state index contributed by atoms with van der Waals surface area (Å²) < 4.78 is 9.40. The first kappa shape index (κ1) is 26.1. The molecule has 0 fully saturated rings. The van der Waals surface area contributed by atoms with E-state index in [0.717, 1.165) is 29.4 Å². The van der Waals surface area contributed by atoms with Gasteiger partial charge in [-0.05, 0) is 66.8 Å². The van der Waals surface area contributed by atoms with Crippen LogP contribution in [0, 0.1) is 13.8 Å². The monoisotopic (exact) mass is 463 g/mol. The molecule has 1 aliphatic rings. The molecule has 2 aromatic rings. The van der Waals surface area contributed by atoms with Gasteiger partial charge in [0.1, 0.15) is 6.54 Å². The zero-order valence-corrected chi connectivity index (χ0v) is 19.5. The van der Waals surface area contributed by atoms with Crippen LogP contribution in [-0.4, -0.2) is 38.0 Å². The summed E-state index contributed by atoms with van der Waals surface area (Å²) in [6.07, 6.45) is 3.58. The Hall–Kier alpha value is -2.94. The third-order valence-corrected chi connectivity index (χ3v) is 5.90. The van der Waals surface area contributed by atoms with Crippen LogP contribution in [0.15, 0.2) is 26.8 Å². The maximum absolute atomic E-state index is 11.4. The molecule has 1 aliphatic carbocycles. The second kappa shape index (κ2) is 14.1. The molecule has 0 spiro atoms. The summed E-state index contributed by atoms with van der Waals surface area (Å²) >= 11 is 3.28. The number of hydrogen-bond donors (Lipinski definition) is 0. The highest BCUT2D eigenvalue weighted by Crippen LogP contribution is 2.33. The first-order chi connectivity index (χ1) is 14.9. The molecule has 0 unspecified atom stereocenters. The van der Waals surface area contributed by atoms with E-state index in [2.05, 4.69) is 27.1 Å². The van der Waals surface area contributed by atoms with E-state index in [0.29, 0.717) is 13.2 Å². The Labute approximate surface area is 189 Å². The van der Waals surface area contributed by atoms with Crippen molar-refractivity contribution in [3.8, 4) is 0 Å². The molecule has 8 nitrogen and oxygen atoms in total. The molecule has 0 saturated carbocycles. The molecule has 0 amide bonds. The minimum atomic E-state index is -0.490. The zero-order chi connectivity index (χ0) is 23.2. The van der Waals surface area contributed by atoms with Crippen molar-refractivity contribution in [1.82, 2.24) is 0 Å². The van der Waals surface area contributed by atoms with Crippen LogP contribution in [0.3, 0.4) is 0 Å². The van der Waals surface area contributed by atoms with Crippen LogP contribution >= 0.6 is 22.7 Å². The normalized spacial score (nSPS) is 10.8. The summed E-state index contributed by atoms with van der Waals surface area (Å²) in [4.78, 5) is 35.5. The van der Waals surface area contributed by atoms with Crippen molar-refractivity contribution in [1.29, 1.82) is 0 Å². The lowest BCUT2D eigenvalue weighted by Crippen LogP contribution is -2.06. The molecule has 0 atom stereocenters. The SMILES string of the molecule is CCOC(=O)C1=Cc2c(C)csc2C1.CCOC(=O)CN=[N+]=[N-].Cc1cscc1C=O. The number of carbonyl (C=O) groups excluding carboxylic acids is 3. The van der Waals surface area contributed by atoms with Crippen LogP contribution < -0.4 is 0 Å². The van der Waals surface area contributed by atoms with E-state index < -0.39 is 5.97 Å². The molecule has 31 heavy (non-hydrogen) atoms. The highest BCUT2D eigenvalue weighted by molar-refractivity contribution is 7.10. The Balaban J connectivity index is 0.000000247. The number of esters is 2. The van der Waals surface area contributed by atoms with E-state index in [4.69, 9.17) is 10.3 Å². The third kappa shape index (κ3) is 8.75. The number of fused-ring (bicyclic) bond motifs is 1. The summed E-state index contributed by atoms with van der Waals surface area (Å²) in [5.41, 5.74) is 12.9. The van der Waals surface area contributed by atoms with Gasteiger partial charge in [-0.1, -0.05) is 5.11 Å². The van der Waals surface area contributed by atoms with Crippen LogP contribution in [0.1, 0.15) is 45.8 Å². The number of aldehydes is 1. The molecular formula is C21H25N3O5S2. The molecule has 0 saturated heterocycles. The molecule has 0 radical (unpaired) electrons. The predicted molar refractivity (Wildman–Crippen MR) is 122 cm³/mol. The number of rotatable bonds is 6. The second-order valence-electron chi connectivity index (χ2n) is 6.14. The molecule has 0 aliphatic heterocycles. The molecule has 0 aromatic carbocycles. The number of carbonyl (C=O) groups is 3. The van der Waals surface area contributed by atoms with Gasteiger partial charge in [0, 0.05) is 32.7 Å². The summed E-state index contributed by atoms with van der Waals surface area (Å²) in [5, 5.41) is 8.94. The van der Waals surface area contributed by atoms with E-state index in [1.165, 1.54) is 16.0 Å². The van der Waals surface area contributed by atoms with E-state index in [1.807, 2.05) is 30.7 Å². The van der Waals surface area contributed by atoms with Gasteiger partial charge in [-0.3, -0.25) is 9.59 Å². The van der Waals surface area contributed by atoms with E-state index >= 15 is 0 Å². The summed E-state index contributed by atoms with van der Waals surface area (Å²) in [6, 6.07) is 0. The van der Waals surface area contributed by atoms with Gasteiger partial charge in [0.25, 0.3) is 0 Å². The van der Waals surface area contributed by atoms with Crippen molar-refractivity contribution in [3.05, 3.63) is 59.3 Å². The van der Waals surface area contributed by atoms with Crippen molar-refractivity contribution in [2.75, 3.05) is 19.8 Å². The van der Waals surface area contributed by atoms with Crippen molar-refractivity contribution >= 4 is 47.0 Å². The largest absolute Gasteiger partial charge is 0.466 e. The Bertz CT molecular complexity index is 972. The lowest BCUT2D eigenvalue weighted by Gasteiger charge is -2.00. The molecule has 2 aromatic heterocycles. The summed E-state index contributed by atoms with van der Waals surface area (Å²) in [6.45, 7) is 8.06. The average molecular weight is 464 g/mol. The molecule has 3 rings (SSSR count). The van der Waals surface area contributed by atoms with Crippen LogP contribution in [0.2, 0.25) is 0 Å². The first-order valence-electron chi connectivity index (χ1n) is 9.46. The average Bonchev–Trinajstić information content (AvgIpc) is 3.45. The van der Waals surface area contributed by atoms with Crippen molar-refractivity contribution in [2.24, 2.45) is 5.11 Å². The number of azide groups is 1. The smallest absolute Gasteiger partial charge is 0.334 e. The summed E-state index contributed by atoms with van der Waals surface area (Å²) in [5.74, 6) is -0.661. The van der Waals surface area contributed by atoms with Crippen LogP contribution in [0.5, 0.6) is 0 Å². The number of nitrogens with zero attached hydrogens (tertiary/aromatic N) is 3. The Morgan fingerprint density at radius 2 is 1.87 bits per heavy atom. The minimum Gasteiger partial charge on any atom is -0.466 e. The van der Waals surface area contributed by atoms with E-state index in [-0.39, 0.29) is 12.5 Å². The second-order valence-corrected chi connectivity index (χ2v) is 7.85. The maximum atomic E-state index is 11.4. The maximum Gasteiger partial charge on any atom is 0.334 e. The number of aryl methyl sites for hydroxylation is 2. The van der Waals surface area contributed by atoms with Crippen LogP contribution in [0.25, 0.3) is 16.5 Å². The number of thiophene rings is 2. The van der Waals surface area contributed by atoms with Gasteiger partial charge in [-0.25, -0.2) is 4.79 Å². The standard InChI is InChI=1S/C11H12O2S.C6H6OS.C4H7N3O2/c1-3-13-11(12)8-4-9-7(2)6-14-10(9)5-8;1-5-3-8-4-6(5)2-7;1-2-9-4(8)3-6-7-5/h4,6H,3,5H2,1-2H3;2-4H,1H3;2-3H2,1H3. The Morgan fingerprint density at radius 3 is 2.35 bits per heavy atom. The lowest BCUT2D eigenvalue weighted by molar-refractivity contribution is -0.141. The molecule has 0 bridgehead atoms. The highest BCUT2D eigenvalue weighted by Gasteiger charge is 2.21. The first-order valence-corrected chi connectivity index (χ1v) is 11.3. The molecule has 2 heterocycles. The van der Waals surface area contributed by atoms with Gasteiger partial charge in [0.05, 0.1) is 13.2 Å². The third-order valence-electron chi connectivity index (χ3n) is 3.90. The lowest BCUT2D eigenvalue weighted by atomic mass is 10.2. The number of hydrogen-bond acceptors (Lipinski definition) is 8. The van der Waals surface area contributed by atoms with Gasteiger partial charge >= 0.3 is 11.9 Å². The van der Waals surface area contributed by atoms with Gasteiger partial charge < -0.3 is 9.47 Å². The number of ether oxygens (including phenoxy) is 2. The molecule has 0 N–H and O–H groups in total. The van der Waals surface area contributed by atoms with Crippen LogP contribution in [-0.2, 0) is 25.5 Å². The Kier molecular flexibility index (Phi) is 11.9. The van der Waals surface area contributed by atoms with E-state index in [1.54, 1.807) is 29.6 Å². The molecule has 166 valence electrons. The fraction of sp³-hybridized carbons (Fsp3) is 0.381. The van der Waals surface area contributed by atoms with Gasteiger partial charge in [0.15, 0.2) is 6.29 Å². The fourth-order valence-corrected chi connectivity index (χ4v) is 4.21. The van der Waals surface area contributed by atoms with E-state index in [9.17, 15) is 14.4 Å². The molecule has 10 heteroatoms. The summed E-state index contributed by atoms with van der Waals surface area (Å²) in [7, 11) is 0. The fourth-order valence-electron chi connectivity index (χ4n) is 2.38. The van der Waals surface area contributed by atoms with Crippen molar-refractivity contribution < 1.29 is 23.9 Å². The minimum absolute atomic E-state index is 0.171. The van der Waals surface area contributed by atoms with Crippen LogP contribution in [0.4, 0.5) is 0 Å². The quantitative estimate of drug-likeness (QED) is 0.190. The molecular weight excluding hydrogens is 438 g/mol. The zero-order valence-electron chi connectivity index (χ0n) is 17.9. The Morgan fingerprint density at radius 1 is 1.16 bits per heavy atom. The van der Waals surface area contributed by atoms with Gasteiger partial charge in [-0.15, -0.1) is 11.3 Å². The van der Waals surface area contributed by atoms with Gasteiger partial charge in [-0.2, -0.15) is 11.3 Å². The van der Waals surface area contributed by atoms with Crippen molar-refractivity contribution in [3.63, 3.8) is 0 Å². The highest BCUT2D eigenvalue weighted by atomic mass is 32.1. The van der Waals surface area contributed by atoms with Gasteiger partial charge in [0.2, 0.25) is 0 Å². The van der Waals surface area contributed by atoms with Crippen molar-refractivity contribution in [2.45, 2.75) is 34.1 Å².